The summed E-state index contributed by atoms with van der Waals surface area (Å²) in [5.74, 6) is 0.432. The number of anilines is 2. The molecule has 0 aliphatic carbocycles. The molecule has 0 fully saturated rings. The number of nitrogen functional groups attached to an aromatic ring is 1. The lowest BCUT2D eigenvalue weighted by Gasteiger charge is -2.15. The molecule has 3 N–H and O–H groups in total. The van der Waals surface area contributed by atoms with Crippen molar-refractivity contribution < 1.29 is 0 Å². The lowest BCUT2D eigenvalue weighted by Crippen LogP contribution is -2.10. The second-order valence-corrected chi connectivity index (χ2v) is 4.86. The molecule has 18 heavy (non-hydrogen) atoms. The first kappa shape index (κ1) is 12.8. The zero-order chi connectivity index (χ0) is 13.0. The van der Waals surface area contributed by atoms with Crippen LogP contribution in [0.2, 0.25) is 5.02 Å². The Kier molecular flexibility index (Phi) is 4.11. The summed E-state index contributed by atoms with van der Waals surface area (Å²) >= 11 is 5.87. The van der Waals surface area contributed by atoms with Gasteiger partial charge in [-0.1, -0.05) is 48.9 Å². The Bertz CT molecular complexity index is 511. The van der Waals surface area contributed by atoms with Gasteiger partial charge in [-0.05, 0) is 29.7 Å². The van der Waals surface area contributed by atoms with Gasteiger partial charge in [-0.3, -0.25) is 0 Å². The molecule has 0 bridgehead atoms. The van der Waals surface area contributed by atoms with Crippen LogP contribution in [0, 0.1) is 0 Å². The van der Waals surface area contributed by atoms with Crippen molar-refractivity contribution >= 4 is 23.0 Å². The Morgan fingerprint density at radius 1 is 1.17 bits per heavy atom. The molecule has 0 amide bonds. The zero-order valence-corrected chi connectivity index (χ0v) is 11.1. The highest BCUT2D eigenvalue weighted by molar-refractivity contribution is 6.31. The molecule has 0 radical (unpaired) electrons. The fraction of sp³-hybridized carbons (Fsp3) is 0.200. The van der Waals surface area contributed by atoms with Crippen LogP contribution in [0.1, 0.15) is 18.4 Å². The number of benzene rings is 2. The Hall–Kier alpha value is -1.67. The van der Waals surface area contributed by atoms with E-state index >= 15 is 0 Å². The molecule has 2 nitrogen and oxygen atoms in total. The lowest BCUT2D eigenvalue weighted by atomic mass is 10.0. The second-order valence-electron chi connectivity index (χ2n) is 4.42. The molecule has 0 aliphatic heterocycles. The SMILES string of the molecule is CC(CNc1ccc(Cl)cc1N)c1ccccc1. The molecule has 0 heterocycles. The third-order valence-corrected chi connectivity index (χ3v) is 3.22. The van der Waals surface area contributed by atoms with E-state index in [-0.39, 0.29) is 0 Å². The Morgan fingerprint density at radius 3 is 2.56 bits per heavy atom. The fourth-order valence-corrected chi connectivity index (χ4v) is 2.04. The molecule has 0 saturated heterocycles. The third kappa shape index (κ3) is 3.17. The van der Waals surface area contributed by atoms with Crippen molar-refractivity contribution in [3.63, 3.8) is 0 Å². The Labute approximate surface area is 113 Å². The highest BCUT2D eigenvalue weighted by Gasteiger charge is 2.06. The molecule has 0 spiro atoms. The molecule has 2 aromatic rings. The van der Waals surface area contributed by atoms with Gasteiger partial charge in [0.25, 0.3) is 0 Å². The van der Waals surface area contributed by atoms with Crippen molar-refractivity contribution in [3.8, 4) is 0 Å². The number of hydrogen-bond acceptors (Lipinski definition) is 2. The molecule has 94 valence electrons. The molecular formula is C15H17ClN2. The zero-order valence-electron chi connectivity index (χ0n) is 10.4. The van der Waals surface area contributed by atoms with E-state index in [0.29, 0.717) is 16.6 Å². The van der Waals surface area contributed by atoms with Crippen molar-refractivity contribution in [2.75, 3.05) is 17.6 Å². The van der Waals surface area contributed by atoms with Gasteiger partial charge in [-0.15, -0.1) is 0 Å². The van der Waals surface area contributed by atoms with Gasteiger partial charge in [-0.25, -0.2) is 0 Å². The van der Waals surface area contributed by atoms with Crippen molar-refractivity contribution in [2.45, 2.75) is 12.8 Å². The van der Waals surface area contributed by atoms with Gasteiger partial charge >= 0.3 is 0 Å². The van der Waals surface area contributed by atoms with Crippen LogP contribution in [0.4, 0.5) is 11.4 Å². The Balaban J connectivity index is 1.99. The van der Waals surface area contributed by atoms with Crippen LogP contribution >= 0.6 is 11.6 Å². The van der Waals surface area contributed by atoms with Crippen LogP contribution in [-0.4, -0.2) is 6.54 Å². The predicted octanol–water partition coefficient (Wildman–Crippen LogP) is 4.14. The molecule has 2 rings (SSSR count). The van der Waals surface area contributed by atoms with Crippen LogP contribution in [0.3, 0.4) is 0 Å². The van der Waals surface area contributed by atoms with Crippen LogP contribution in [0.25, 0.3) is 0 Å². The highest BCUT2D eigenvalue weighted by Crippen LogP contribution is 2.24. The van der Waals surface area contributed by atoms with Crippen LogP contribution in [0.5, 0.6) is 0 Å². The maximum absolute atomic E-state index is 5.90. The maximum Gasteiger partial charge on any atom is 0.0575 e. The lowest BCUT2D eigenvalue weighted by molar-refractivity contribution is 0.805. The molecular weight excluding hydrogens is 244 g/mol. The first-order chi connectivity index (χ1) is 8.66. The molecule has 1 unspecified atom stereocenters. The van der Waals surface area contributed by atoms with E-state index in [9.17, 15) is 0 Å². The first-order valence-corrected chi connectivity index (χ1v) is 6.38. The van der Waals surface area contributed by atoms with Crippen molar-refractivity contribution in [3.05, 3.63) is 59.1 Å². The van der Waals surface area contributed by atoms with Crippen LogP contribution in [-0.2, 0) is 0 Å². The number of rotatable bonds is 4. The van der Waals surface area contributed by atoms with E-state index in [2.05, 4.69) is 36.5 Å². The summed E-state index contributed by atoms with van der Waals surface area (Å²) in [6.07, 6.45) is 0. The average molecular weight is 261 g/mol. The molecule has 0 aliphatic rings. The van der Waals surface area contributed by atoms with E-state index in [4.69, 9.17) is 17.3 Å². The minimum absolute atomic E-state index is 0.432. The van der Waals surface area contributed by atoms with E-state index in [1.807, 2.05) is 18.2 Å². The normalized spacial score (nSPS) is 12.1. The highest BCUT2D eigenvalue weighted by atomic mass is 35.5. The van der Waals surface area contributed by atoms with E-state index in [1.165, 1.54) is 5.56 Å². The summed E-state index contributed by atoms with van der Waals surface area (Å²) in [5, 5.41) is 4.02. The second kappa shape index (κ2) is 5.78. The third-order valence-electron chi connectivity index (χ3n) is 2.98. The van der Waals surface area contributed by atoms with Gasteiger partial charge < -0.3 is 11.1 Å². The summed E-state index contributed by atoms with van der Waals surface area (Å²) < 4.78 is 0. The van der Waals surface area contributed by atoms with E-state index in [1.54, 1.807) is 6.07 Å². The number of nitrogens with two attached hydrogens (primary N) is 1. The maximum atomic E-state index is 5.90. The molecule has 0 aromatic heterocycles. The first-order valence-electron chi connectivity index (χ1n) is 6.00. The van der Waals surface area contributed by atoms with Crippen molar-refractivity contribution in [2.24, 2.45) is 0 Å². The van der Waals surface area contributed by atoms with Gasteiger partial charge in [0.1, 0.15) is 0 Å². The molecule has 3 heteroatoms. The number of hydrogen-bond donors (Lipinski definition) is 2. The Morgan fingerprint density at radius 2 is 1.89 bits per heavy atom. The molecule has 0 saturated carbocycles. The smallest absolute Gasteiger partial charge is 0.0575 e. The standard InChI is InChI=1S/C15H17ClN2/c1-11(12-5-3-2-4-6-12)10-18-15-8-7-13(16)9-14(15)17/h2-9,11,18H,10,17H2,1H3. The van der Waals surface area contributed by atoms with Gasteiger partial charge in [0.05, 0.1) is 11.4 Å². The number of nitrogens with one attached hydrogen (secondary N) is 1. The van der Waals surface area contributed by atoms with Gasteiger partial charge in [-0.2, -0.15) is 0 Å². The van der Waals surface area contributed by atoms with Gasteiger partial charge in [0.2, 0.25) is 0 Å². The largest absolute Gasteiger partial charge is 0.397 e. The van der Waals surface area contributed by atoms with E-state index in [0.717, 1.165) is 12.2 Å². The average Bonchev–Trinajstić information content (AvgIpc) is 2.38. The summed E-state index contributed by atoms with van der Waals surface area (Å²) in [6, 6.07) is 15.9. The molecule has 1 atom stereocenters. The monoisotopic (exact) mass is 260 g/mol. The minimum atomic E-state index is 0.432. The van der Waals surface area contributed by atoms with Crippen LogP contribution in [0.15, 0.2) is 48.5 Å². The van der Waals surface area contributed by atoms with Crippen molar-refractivity contribution in [1.82, 2.24) is 0 Å². The summed E-state index contributed by atoms with van der Waals surface area (Å²) in [6.45, 7) is 3.03. The minimum Gasteiger partial charge on any atom is -0.397 e. The fourth-order valence-electron chi connectivity index (χ4n) is 1.86. The van der Waals surface area contributed by atoms with Gasteiger partial charge in [0.15, 0.2) is 0 Å². The quantitative estimate of drug-likeness (QED) is 0.811. The van der Waals surface area contributed by atoms with Crippen molar-refractivity contribution in [1.29, 1.82) is 0 Å². The van der Waals surface area contributed by atoms with E-state index < -0.39 is 0 Å². The molecule has 2 aromatic carbocycles. The summed E-state index contributed by atoms with van der Waals surface area (Å²) in [7, 11) is 0. The predicted molar refractivity (Wildman–Crippen MR) is 79.2 cm³/mol. The summed E-state index contributed by atoms with van der Waals surface area (Å²) in [5.41, 5.74) is 8.83. The number of halogens is 1. The van der Waals surface area contributed by atoms with Crippen LogP contribution < -0.4 is 11.1 Å². The summed E-state index contributed by atoms with van der Waals surface area (Å²) in [4.78, 5) is 0. The van der Waals surface area contributed by atoms with Gasteiger partial charge in [0, 0.05) is 11.6 Å². The topological polar surface area (TPSA) is 38.0 Å².